The van der Waals surface area contributed by atoms with Crippen molar-refractivity contribution in [1.82, 2.24) is 0 Å². The third kappa shape index (κ3) is 2.23. The van der Waals surface area contributed by atoms with Crippen molar-refractivity contribution in [2.45, 2.75) is 0 Å². The Morgan fingerprint density at radius 1 is 1.57 bits per heavy atom. The van der Waals surface area contributed by atoms with Crippen LogP contribution in [0.3, 0.4) is 0 Å². The fraction of sp³-hybridized carbons (Fsp3) is 0.111. The van der Waals surface area contributed by atoms with Gasteiger partial charge in [0.25, 0.3) is 0 Å². The van der Waals surface area contributed by atoms with Crippen LogP contribution in [0.2, 0.25) is 0 Å². The van der Waals surface area contributed by atoms with Gasteiger partial charge in [0, 0.05) is 0 Å². The average Bonchev–Trinajstić information content (AvgIpc) is 2.26. The number of rotatable bonds is 2. The molecule has 5 heteroatoms. The molecule has 0 amide bonds. The molecule has 0 saturated carbocycles. The van der Waals surface area contributed by atoms with Gasteiger partial charge in [-0.15, -0.1) is 0 Å². The third-order valence-electron chi connectivity index (χ3n) is 1.65. The number of carbonyl (C=O) groups is 1. The molecule has 0 atom stereocenters. The van der Waals surface area contributed by atoms with Crippen LogP contribution in [-0.2, 0) is 4.74 Å². The monoisotopic (exact) mass is 381 g/mol. The number of hydrogen-bond donors (Lipinski definition) is 0. The molecule has 14 heavy (non-hydrogen) atoms. The van der Waals surface area contributed by atoms with Crippen molar-refractivity contribution in [2.24, 2.45) is 0 Å². The fourth-order valence-corrected chi connectivity index (χ4v) is 1.76. The standard InChI is InChI=1S/C9H7NO3.Tl/c1-13-9(12)6-2-3-8(11)7(4-6)5-10;/h2-4,11H,1H3;/q;+1/p-1. The van der Waals surface area contributed by atoms with Crippen LogP contribution < -0.4 is 2.69 Å². The predicted molar refractivity (Wildman–Crippen MR) is 48.9 cm³/mol. The Morgan fingerprint density at radius 2 is 2.29 bits per heavy atom. The van der Waals surface area contributed by atoms with Gasteiger partial charge in [0.2, 0.25) is 0 Å². The molecule has 1 aromatic rings. The van der Waals surface area contributed by atoms with Gasteiger partial charge >= 0.3 is 97.9 Å². The van der Waals surface area contributed by atoms with Gasteiger partial charge in [-0.3, -0.25) is 0 Å². The summed E-state index contributed by atoms with van der Waals surface area (Å²) in [7, 11) is 1.30. The molecule has 4 nitrogen and oxygen atoms in total. The van der Waals surface area contributed by atoms with Gasteiger partial charge in [-0.1, -0.05) is 0 Å². The van der Waals surface area contributed by atoms with Crippen LogP contribution in [0.25, 0.3) is 0 Å². The number of carbonyl (C=O) groups excluding carboxylic acids is 1. The van der Waals surface area contributed by atoms with E-state index < -0.39 is 5.97 Å². The molecule has 0 aliphatic carbocycles. The number of hydrogen-bond acceptors (Lipinski definition) is 4. The summed E-state index contributed by atoms with van der Waals surface area (Å²) in [6, 6.07) is 6.60. The molecule has 0 saturated heterocycles. The van der Waals surface area contributed by atoms with Crippen LogP contribution in [0.4, 0.5) is 0 Å². The maximum atomic E-state index is 11.1. The summed E-state index contributed by atoms with van der Waals surface area (Å²) in [5.41, 5.74) is 0.713. The predicted octanol–water partition coefficient (Wildman–Crippen LogP) is 0.807. The molecular weight excluding hydrogens is 374 g/mol. The Morgan fingerprint density at radius 3 is 2.79 bits per heavy atom. The van der Waals surface area contributed by atoms with Crippen molar-refractivity contribution in [2.75, 3.05) is 7.11 Å². The van der Waals surface area contributed by atoms with Crippen molar-refractivity contribution >= 4 is 32.2 Å². The summed E-state index contributed by atoms with van der Waals surface area (Å²) in [5.74, 6) is 0.0639. The number of nitriles is 1. The van der Waals surface area contributed by atoms with Crippen molar-refractivity contribution in [3.8, 4) is 11.8 Å². The molecule has 0 heterocycles. The Kier molecular flexibility index (Phi) is 3.88. The van der Waals surface area contributed by atoms with Crippen LogP contribution in [-0.4, -0.2) is 39.3 Å². The van der Waals surface area contributed by atoms with Gasteiger partial charge < -0.3 is 0 Å². The molecular formula is C9H6NO3Tl. The van der Waals surface area contributed by atoms with Crippen molar-refractivity contribution < 1.29 is 12.2 Å². The summed E-state index contributed by atoms with van der Waals surface area (Å²) in [5, 5.41) is 8.76. The second-order valence-electron chi connectivity index (χ2n) is 2.43. The van der Waals surface area contributed by atoms with Crippen LogP contribution in [0.1, 0.15) is 15.9 Å². The fourth-order valence-electron chi connectivity index (χ4n) is 0.965. The number of benzene rings is 1. The number of methoxy groups -OCH3 is 1. The summed E-state index contributed by atoms with van der Waals surface area (Å²) in [6.45, 7) is 0. The molecule has 1 rings (SSSR count). The van der Waals surface area contributed by atoms with E-state index in [1.807, 2.05) is 6.07 Å². The van der Waals surface area contributed by atoms with E-state index in [1.54, 1.807) is 12.1 Å². The number of esters is 1. The van der Waals surface area contributed by atoms with Crippen LogP contribution in [0, 0.1) is 11.3 Å². The van der Waals surface area contributed by atoms with Crippen LogP contribution in [0.5, 0.6) is 5.75 Å². The number of ether oxygens (including phenoxy) is 1. The molecule has 0 spiro atoms. The Bertz CT molecular complexity index is 398. The third-order valence-corrected chi connectivity index (χ3v) is 2.64. The first kappa shape index (κ1) is 11.0. The molecule has 0 aromatic heterocycles. The SMILES string of the molecule is COC(=O)c1ccc([O][Tl])c(C#N)c1. The van der Waals surface area contributed by atoms with E-state index in [0.29, 0.717) is 43.1 Å². The van der Waals surface area contributed by atoms with Crippen LogP contribution >= 0.6 is 0 Å². The summed E-state index contributed by atoms with van der Waals surface area (Å²) < 4.78 is 9.63. The average molecular weight is 381 g/mol. The first-order valence-corrected chi connectivity index (χ1v) is 5.55. The molecule has 0 radical (unpaired) electrons. The maximum absolute atomic E-state index is 11.1. The Labute approximate surface area is 97.8 Å². The zero-order valence-corrected chi connectivity index (χ0v) is 12.0. The molecule has 68 valence electrons. The minimum absolute atomic E-state index is 0.316. The van der Waals surface area contributed by atoms with E-state index in [2.05, 4.69) is 4.74 Å². The first-order chi connectivity index (χ1) is 6.72. The van der Waals surface area contributed by atoms with Crippen molar-refractivity contribution in [3.63, 3.8) is 0 Å². The van der Waals surface area contributed by atoms with E-state index >= 15 is 0 Å². The molecule has 0 fully saturated rings. The second-order valence-corrected chi connectivity index (χ2v) is 3.35. The molecule has 0 unspecified atom stereocenters. The molecule has 0 aliphatic heterocycles. The zero-order chi connectivity index (χ0) is 10.6. The summed E-state index contributed by atoms with van der Waals surface area (Å²) in [4.78, 5) is 11.1. The second kappa shape index (κ2) is 4.95. The van der Waals surface area contributed by atoms with E-state index in [1.165, 1.54) is 13.2 Å². The van der Waals surface area contributed by atoms with Gasteiger partial charge in [0.15, 0.2) is 0 Å². The van der Waals surface area contributed by atoms with Gasteiger partial charge in [-0.2, -0.15) is 0 Å². The van der Waals surface area contributed by atoms with Crippen molar-refractivity contribution in [1.29, 1.82) is 5.26 Å². The van der Waals surface area contributed by atoms with Gasteiger partial charge in [-0.05, 0) is 0 Å². The minimum atomic E-state index is -0.455. The van der Waals surface area contributed by atoms with Crippen molar-refractivity contribution in [3.05, 3.63) is 29.3 Å². The van der Waals surface area contributed by atoms with E-state index in [0.717, 1.165) is 0 Å². The van der Waals surface area contributed by atoms with E-state index in [4.69, 9.17) is 7.95 Å². The molecule has 0 N–H and O–H groups in total. The molecule has 1 aromatic carbocycles. The first-order valence-electron chi connectivity index (χ1n) is 3.72. The molecule has 0 bridgehead atoms. The Balaban J connectivity index is 3.15. The zero-order valence-electron chi connectivity index (χ0n) is 7.48. The number of nitrogens with zero attached hydrogens (tertiary/aromatic N) is 1. The summed E-state index contributed by atoms with van der Waals surface area (Å²) >= 11 is 0.316. The van der Waals surface area contributed by atoms with Gasteiger partial charge in [0.1, 0.15) is 0 Å². The van der Waals surface area contributed by atoms with E-state index in [-0.39, 0.29) is 0 Å². The summed E-state index contributed by atoms with van der Waals surface area (Å²) in [6.07, 6.45) is 0. The van der Waals surface area contributed by atoms with E-state index in [9.17, 15) is 4.79 Å². The molecule has 0 aliphatic rings. The quantitative estimate of drug-likeness (QED) is 0.563. The van der Waals surface area contributed by atoms with Gasteiger partial charge in [0.05, 0.1) is 0 Å². The Hall–Kier alpha value is -1.10. The van der Waals surface area contributed by atoms with Crippen LogP contribution in [0.15, 0.2) is 18.2 Å². The topological polar surface area (TPSA) is 59.3 Å². The normalized spacial score (nSPS) is 8.79. The van der Waals surface area contributed by atoms with Gasteiger partial charge in [-0.25, -0.2) is 0 Å².